The summed E-state index contributed by atoms with van der Waals surface area (Å²) in [6.45, 7) is 0.776. The first-order valence-corrected chi connectivity index (χ1v) is 13.9. The predicted octanol–water partition coefficient (Wildman–Crippen LogP) is 3.27. The van der Waals surface area contributed by atoms with Gasteiger partial charge in [-0.15, -0.1) is 0 Å². The van der Waals surface area contributed by atoms with Crippen LogP contribution in [0.1, 0.15) is 44.6 Å². The lowest BCUT2D eigenvalue weighted by Crippen LogP contribution is -2.51. The number of nitrogens with zero attached hydrogens (tertiary/aromatic N) is 4. The van der Waals surface area contributed by atoms with Crippen LogP contribution in [0.15, 0.2) is 46.2 Å². The van der Waals surface area contributed by atoms with Crippen LogP contribution in [0.4, 0.5) is 11.5 Å². The first-order chi connectivity index (χ1) is 17.5. The lowest BCUT2D eigenvalue weighted by atomic mass is 10.1. The summed E-state index contributed by atoms with van der Waals surface area (Å²) in [5.74, 6) is 0.761. The monoisotopic (exact) mass is 508 g/mol. The van der Waals surface area contributed by atoms with Crippen molar-refractivity contribution in [1.29, 1.82) is 5.26 Å². The number of anilines is 2. The molecule has 3 atom stereocenters. The molecule has 1 aromatic carbocycles. The van der Waals surface area contributed by atoms with Gasteiger partial charge < -0.3 is 15.0 Å². The first-order valence-electron chi connectivity index (χ1n) is 12.4. The lowest BCUT2D eigenvalue weighted by molar-refractivity contribution is -0.0241. The van der Waals surface area contributed by atoms with Crippen LogP contribution in [0.2, 0.25) is 0 Å². The molecule has 10 nitrogen and oxygen atoms in total. The summed E-state index contributed by atoms with van der Waals surface area (Å²) in [6.07, 6.45) is 6.67. The lowest BCUT2D eigenvalue weighted by Gasteiger charge is -2.36. The number of fused-ring (bicyclic) bond motifs is 2. The molecule has 3 fully saturated rings. The number of rotatable bonds is 7. The zero-order valence-electron chi connectivity index (χ0n) is 19.8. The zero-order valence-corrected chi connectivity index (χ0v) is 20.6. The predicted molar refractivity (Wildman–Crippen MR) is 133 cm³/mol. The molecule has 2 N–H and O–H groups in total. The van der Waals surface area contributed by atoms with Gasteiger partial charge in [-0.1, -0.05) is 0 Å². The number of H-pyrrole nitrogens is 1. The number of nitriles is 1. The Hall–Kier alpha value is -3.20. The molecule has 2 aliphatic carbocycles. The number of nitrogens with one attached hydrogen (secondary N) is 2. The minimum atomic E-state index is -3.64. The van der Waals surface area contributed by atoms with E-state index in [1.54, 1.807) is 45.5 Å². The van der Waals surface area contributed by atoms with Gasteiger partial charge in [0.1, 0.15) is 5.39 Å². The Morgan fingerprint density at radius 3 is 2.75 bits per heavy atom. The molecule has 3 aliphatic rings. The molecule has 188 valence electrons. The largest absolute Gasteiger partial charge is 0.375 e. The normalized spacial score (nSPS) is 23.3. The fourth-order valence-corrected chi connectivity index (χ4v) is 7.30. The van der Waals surface area contributed by atoms with Gasteiger partial charge in [-0.3, -0.25) is 9.48 Å². The Balaban J connectivity index is 1.29. The third-order valence-electron chi connectivity index (χ3n) is 7.57. The highest BCUT2D eigenvalue weighted by Crippen LogP contribution is 2.43. The van der Waals surface area contributed by atoms with Crippen molar-refractivity contribution >= 4 is 32.4 Å². The van der Waals surface area contributed by atoms with Gasteiger partial charge in [-0.2, -0.15) is 14.7 Å². The summed E-state index contributed by atoms with van der Waals surface area (Å²) in [6, 6.07) is 10.4. The molecule has 1 unspecified atom stereocenters. The van der Waals surface area contributed by atoms with Crippen LogP contribution < -0.4 is 10.9 Å². The highest BCUT2D eigenvalue weighted by molar-refractivity contribution is 7.89. The van der Waals surface area contributed by atoms with E-state index in [9.17, 15) is 18.5 Å². The first kappa shape index (κ1) is 23.2. The second-order valence-corrected chi connectivity index (χ2v) is 11.7. The summed E-state index contributed by atoms with van der Waals surface area (Å²) in [5, 5.41) is 17.7. The fourth-order valence-electron chi connectivity index (χ4n) is 5.64. The Kier molecular flexibility index (Phi) is 5.82. The van der Waals surface area contributed by atoms with Crippen LogP contribution in [0, 0.1) is 17.2 Å². The topological polar surface area (TPSA) is 133 Å². The zero-order chi connectivity index (χ0) is 24.9. The van der Waals surface area contributed by atoms with E-state index in [1.807, 2.05) is 0 Å². The number of hydrogen-bond acceptors (Lipinski definition) is 7. The van der Waals surface area contributed by atoms with Gasteiger partial charge in [0.15, 0.2) is 5.82 Å². The van der Waals surface area contributed by atoms with E-state index in [-0.39, 0.29) is 28.6 Å². The SMILES string of the molecule is N#CC[C@@H](C1CC1)n1nc(Nc2ccc(S(=O)(=O)N3CCOC4CCC[C@@H]43)cc2)c2c(=O)[nH]ccc21. The molecule has 0 amide bonds. The third-order valence-corrected chi connectivity index (χ3v) is 9.50. The highest BCUT2D eigenvalue weighted by atomic mass is 32.2. The summed E-state index contributed by atoms with van der Waals surface area (Å²) in [4.78, 5) is 15.6. The van der Waals surface area contributed by atoms with Crippen molar-refractivity contribution in [3.05, 3.63) is 46.9 Å². The van der Waals surface area contributed by atoms with Crippen molar-refractivity contribution in [2.45, 2.75) is 61.6 Å². The van der Waals surface area contributed by atoms with Crippen LogP contribution in [0.3, 0.4) is 0 Å². The fraction of sp³-hybridized carbons (Fsp3) is 0.480. The highest BCUT2D eigenvalue weighted by Gasteiger charge is 2.42. The number of benzene rings is 1. The van der Waals surface area contributed by atoms with Crippen molar-refractivity contribution in [2.24, 2.45) is 5.92 Å². The molecule has 3 aromatic rings. The molecule has 11 heteroatoms. The number of aromatic nitrogens is 3. The minimum Gasteiger partial charge on any atom is -0.375 e. The maximum absolute atomic E-state index is 13.4. The average molecular weight is 509 g/mol. The van der Waals surface area contributed by atoms with Gasteiger partial charge in [-0.25, -0.2) is 8.42 Å². The van der Waals surface area contributed by atoms with Gasteiger partial charge in [0, 0.05) is 18.4 Å². The standard InChI is InChI=1S/C25H28N6O4S/c26-12-10-19(16-4-5-16)31-21-11-13-27-25(32)23(21)24(29-31)28-17-6-8-18(9-7-17)36(33,34)30-14-15-35-22-3-1-2-20(22)30/h6-9,11,13,16,19-20,22H,1-5,10,14-15H2,(H,27,32)(H,28,29)/t19-,20-,22?/m0/s1. The molecule has 2 aromatic heterocycles. The van der Waals surface area contributed by atoms with Gasteiger partial charge in [0.05, 0.1) is 47.7 Å². The number of ether oxygens (including phenoxy) is 1. The van der Waals surface area contributed by atoms with Crippen molar-refractivity contribution in [3.63, 3.8) is 0 Å². The molecule has 0 spiro atoms. The van der Waals surface area contributed by atoms with E-state index < -0.39 is 10.0 Å². The molecule has 2 saturated carbocycles. The molecular weight excluding hydrogens is 480 g/mol. The average Bonchev–Trinajstić information content (AvgIpc) is 3.49. The van der Waals surface area contributed by atoms with E-state index in [4.69, 9.17) is 9.84 Å². The van der Waals surface area contributed by atoms with Crippen molar-refractivity contribution < 1.29 is 13.2 Å². The maximum Gasteiger partial charge on any atom is 0.261 e. The van der Waals surface area contributed by atoms with Crippen LogP contribution in [-0.2, 0) is 14.8 Å². The summed E-state index contributed by atoms with van der Waals surface area (Å²) in [7, 11) is -3.64. The van der Waals surface area contributed by atoms with Gasteiger partial charge >= 0.3 is 0 Å². The third kappa shape index (κ3) is 3.99. The van der Waals surface area contributed by atoms with E-state index in [0.717, 1.165) is 32.1 Å². The minimum absolute atomic E-state index is 0.0172. The molecular formula is C25H28N6O4S. The van der Waals surface area contributed by atoms with Crippen molar-refractivity contribution in [3.8, 4) is 6.07 Å². The second-order valence-electron chi connectivity index (χ2n) is 9.80. The molecule has 0 bridgehead atoms. The molecule has 0 radical (unpaired) electrons. The Morgan fingerprint density at radius 2 is 2.00 bits per heavy atom. The number of sulfonamides is 1. The van der Waals surface area contributed by atoms with Gasteiger partial charge in [0.25, 0.3) is 5.56 Å². The summed E-state index contributed by atoms with van der Waals surface area (Å²) >= 11 is 0. The Bertz CT molecular complexity index is 1490. The number of hydrogen-bond donors (Lipinski definition) is 2. The summed E-state index contributed by atoms with van der Waals surface area (Å²) in [5.41, 5.74) is 1.02. The molecule has 3 heterocycles. The van der Waals surface area contributed by atoms with Gasteiger partial charge in [-0.05, 0) is 68.4 Å². The molecule has 1 saturated heterocycles. The molecule has 36 heavy (non-hydrogen) atoms. The number of aromatic amines is 1. The van der Waals surface area contributed by atoms with E-state index in [0.29, 0.717) is 47.9 Å². The van der Waals surface area contributed by atoms with Crippen LogP contribution in [-0.4, -0.2) is 52.8 Å². The Labute approximate surface area is 208 Å². The van der Waals surface area contributed by atoms with E-state index in [1.165, 1.54) is 0 Å². The summed E-state index contributed by atoms with van der Waals surface area (Å²) < 4.78 is 35.9. The number of pyridine rings is 1. The van der Waals surface area contributed by atoms with Crippen LogP contribution in [0.5, 0.6) is 0 Å². The molecule has 6 rings (SSSR count). The maximum atomic E-state index is 13.4. The number of morpholine rings is 1. The van der Waals surface area contributed by atoms with E-state index in [2.05, 4.69) is 16.4 Å². The Morgan fingerprint density at radius 1 is 1.19 bits per heavy atom. The van der Waals surface area contributed by atoms with Gasteiger partial charge in [0.2, 0.25) is 10.0 Å². The van der Waals surface area contributed by atoms with Crippen molar-refractivity contribution in [2.75, 3.05) is 18.5 Å². The van der Waals surface area contributed by atoms with E-state index >= 15 is 0 Å². The second kappa shape index (κ2) is 9.03. The van der Waals surface area contributed by atoms with Crippen LogP contribution in [0.25, 0.3) is 10.9 Å². The van der Waals surface area contributed by atoms with Crippen LogP contribution >= 0.6 is 0 Å². The molecule has 1 aliphatic heterocycles. The smallest absolute Gasteiger partial charge is 0.261 e. The van der Waals surface area contributed by atoms with Crippen molar-refractivity contribution in [1.82, 2.24) is 19.1 Å². The quantitative estimate of drug-likeness (QED) is 0.500.